The third-order valence-electron chi connectivity index (χ3n) is 7.55. The van der Waals surface area contributed by atoms with Crippen molar-refractivity contribution in [2.45, 2.75) is 44.3 Å². The number of hydrogen-bond acceptors (Lipinski definition) is 5. The molecule has 1 amide bonds. The highest BCUT2D eigenvalue weighted by Gasteiger charge is 2.24. The lowest BCUT2D eigenvalue weighted by atomic mass is 9.97. The Balaban J connectivity index is 1.16. The number of thiazole rings is 1. The number of amides is 1. The van der Waals surface area contributed by atoms with Crippen LogP contribution >= 0.6 is 11.3 Å². The van der Waals surface area contributed by atoms with E-state index in [0.29, 0.717) is 36.2 Å². The number of aromatic nitrogens is 2. The highest BCUT2D eigenvalue weighted by Crippen LogP contribution is 2.36. The third kappa shape index (κ3) is 5.00. The number of hydrogen-bond donors (Lipinski definition) is 2. The number of carbonyl (C=O) groups excluding carboxylic acids is 1. The number of rotatable bonds is 7. The maximum absolute atomic E-state index is 15.0. The van der Waals surface area contributed by atoms with Crippen molar-refractivity contribution in [3.05, 3.63) is 59.5 Å². The Labute approximate surface area is 218 Å². The van der Waals surface area contributed by atoms with Crippen molar-refractivity contribution in [1.82, 2.24) is 24.9 Å². The second kappa shape index (κ2) is 10.5. The zero-order valence-electron chi connectivity index (χ0n) is 20.7. The smallest absolute Gasteiger partial charge is 0.251 e. The van der Waals surface area contributed by atoms with Gasteiger partial charge in [0.1, 0.15) is 12.0 Å². The zero-order valence-corrected chi connectivity index (χ0v) is 21.5. The highest BCUT2D eigenvalue weighted by atomic mass is 32.1. The molecule has 2 fully saturated rings. The average Bonchev–Trinajstić information content (AvgIpc) is 3.64. The van der Waals surface area contributed by atoms with E-state index >= 15 is 0 Å². The molecule has 37 heavy (non-hydrogen) atoms. The maximum Gasteiger partial charge on any atom is 0.251 e. The Bertz CT molecular complexity index is 1420. The van der Waals surface area contributed by atoms with Crippen LogP contribution in [0.3, 0.4) is 0 Å². The fourth-order valence-corrected chi connectivity index (χ4v) is 6.59. The molecule has 0 saturated carbocycles. The zero-order chi connectivity index (χ0) is 25.4. The van der Waals surface area contributed by atoms with Crippen LogP contribution in [0.25, 0.3) is 26.4 Å². The second-order valence-corrected chi connectivity index (χ2v) is 11.1. The number of nitrogens with one attached hydrogen (secondary N) is 2. The maximum atomic E-state index is 15.0. The van der Waals surface area contributed by atoms with E-state index in [-0.39, 0.29) is 17.8 Å². The van der Waals surface area contributed by atoms with Crippen LogP contribution in [-0.2, 0) is 0 Å². The van der Waals surface area contributed by atoms with Crippen LogP contribution < -0.4 is 10.6 Å². The summed E-state index contributed by atoms with van der Waals surface area (Å²) in [7, 11) is 0. The van der Waals surface area contributed by atoms with Gasteiger partial charge < -0.3 is 15.5 Å². The van der Waals surface area contributed by atoms with E-state index in [0.717, 1.165) is 66.2 Å². The largest absolute Gasteiger partial charge is 0.352 e. The summed E-state index contributed by atoms with van der Waals surface area (Å²) in [5.41, 5.74) is 3.71. The quantitative estimate of drug-likeness (QED) is 0.322. The van der Waals surface area contributed by atoms with E-state index in [2.05, 4.69) is 15.5 Å². The molecule has 0 aliphatic carbocycles. The van der Waals surface area contributed by atoms with Crippen molar-refractivity contribution in [3.8, 4) is 11.3 Å². The lowest BCUT2D eigenvalue weighted by molar-refractivity contribution is 0.0950. The summed E-state index contributed by atoms with van der Waals surface area (Å²) < 4.78 is 31.2. The molecular formula is C28H31F2N5OS. The van der Waals surface area contributed by atoms with E-state index in [1.165, 1.54) is 17.4 Å². The SMILES string of the molecule is O=C(NCCCN1CCC(F)CC1)c1ccc2c(c1)sc1nc(-c3c(F)cccc3[C@@H]3CCCN3)cn12. The number of carbonyl (C=O) groups is 1. The number of alkyl halides is 1. The van der Waals surface area contributed by atoms with Crippen LogP contribution in [0.2, 0.25) is 0 Å². The van der Waals surface area contributed by atoms with Crippen molar-refractivity contribution < 1.29 is 13.6 Å². The normalized spacial score (nSPS) is 19.2. The van der Waals surface area contributed by atoms with Gasteiger partial charge in [0.2, 0.25) is 0 Å². The first kappa shape index (κ1) is 24.5. The highest BCUT2D eigenvalue weighted by molar-refractivity contribution is 7.23. The molecule has 0 unspecified atom stereocenters. The molecule has 0 spiro atoms. The molecule has 1 atom stereocenters. The van der Waals surface area contributed by atoms with Crippen LogP contribution in [0, 0.1) is 5.82 Å². The van der Waals surface area contributed by atoms with Gasteiger partial charge in [-0.1, -0.05) is 23.5 Å². The Hall–Kier alpha value is -2.88. The van der Waals surface area contributed by atoms with Crippen molar-refractivity contribution in [3.63, 3.8) is 0 Å². The Kier molecular flexibility index (Phi) is 6.92. The second-order valence-electron chi connectivity index (χ2n) is 10.0. The summed E-state index contributed by atoms with van der Waals surface area (Å²) in [6, 6.07) is 11.0. The fraction of sp³-hybridized carbons (Fsp3) is 0.429. The van der Waals surface area contributed by atoms with Crippen LogP contribution in [0.1, 0.15) is 54.1 Å². The van der Waals surface area contributed by atoms with E-state index in [4.69, 9.17) is 4.98 Å². The molecule has 2 aromatic heterocycles. The molecule has 2 aromatic carbocycles. The van der Waals surface area contributed by atoms with Gasteiger partial charge in [0.15, 0.2) is 4.96 Å². The molecule has 0 radical (unpaired) electrons. The number of fused-ring (bicyclic) bond motifs is 3. The van der Waals surface area contributed by atoms with Gasteiger partial charge in [0.25, 0.3) is 5.91 Å². The van der Waals surface area contributed by atoms with Crippen LogP contribution in [-0.4, -0.2) is 59.1 Å². The lowest BCUT2D eigenvalue weighted by Gasteiger charge is -2.28. The minimum Gasteiger partial charge on any atom is -0.352 e. The monoisotopic (exact) mass is 523 g/mol. The third-order valence-corrected chi connectivity index (χ3v) is 8.57. The predicted octanol–water partition coefficient (Wildman–Crippen LogP) is 5.33. The first-order valence-electron chi connectivity index (χ1n) is 13.2. The summed E-state index contributed by atoms with van der Waals surface area (Å²) in [5.74, 6) is -0.358. The number of imidazole rings is 1. The van der Waals surface area contributed by atoms with Gasteiger partial charge >= 0.3 is 0 Å². The number of halogens is 2. The average molecular weight is 524 g/mol. The fourth-order valence-electron chi connectivity index (χ4n) is 5.55. The van der Waals surface area contributed by atoms with Gasteiger partial charge in [-0.2, -0.15) is 0 Å². The van der Waals surface area contributed by atoms with Crippen molar-refractivity contribution in [1.29, 1.82) is 0 Å². The van der Waals surface area contributed by atoms with Crippen molar-refractivity contribution in [2.75, 3.05) is 32.7 Å². The molecule has 2 aliphatic heterocycles. The molecule has 6 rings (SSSR count). The van der Waals surface area contributed by atoms with Crippen molar-refractivity contribution >= 4 is 32.4 Å². The molecule has 4 aromatic rings. The summed E-state index contributed by atoms with van der Waals surface area (Å²) in [5, 5.41) is 6.47. The Morgan fingerprint density at radius 2 is 2.05 bits per heavy atom. The molecule has 2 saturated heterocycles. The van der Waals surface area contributed by atoms with E-state index in [1.54, 1.807) is 6.07 Å². The summed E-state index contributed by atoms with van der Waals surface area (Å²) in [6.07, 6.45) is 5.37. The van der Waals surface area contributed by atoms with Gasteiger partial charge in [-0.25, -0.2) is 13.8 Å². The van der Waals surface area contributed by atoms with Crippen LogP contribution in [0.15, 0.2) is 42.6 Å². The minimum absolute atomic E-state index is 0.101. The van der Waals surface area contributed by atoms with E-state index in [9.17, 15) is 13.6 Å². The van der Waals surface area contributed by atoms with E-state index < -0.39 is 6.17 Å². The number of benzene rings is 2. The number of piperidine rings is 1. The van der Waals surface area contributed by atoms with Gasteiger partial charge in [0.05, 0.1) is 15.9 Å². The van der Waals surface area contributed by atoms with Gasteiger partial charge in [0, 0.05) is 43.0 Å². The first-order valence-corrected chi connectivity index (χ1v) is 14.0. The molecule has 194 valence electrons. The van der Waals surface area contributed by atoms with Gasteiger partial charge in [-0.05, 0) is 75.0 Å². The summed E-state index contributed by atoms with van der Waals surface area (Å²) in [6.45, 7) is 3.99. The Morgan fingerprint density at radius 3 is 2.86 bits per heavy atom. The van der Waals surface area contributed by atoms with Crippen LogP contribution in [0.4, 0.5) is 8.78 Å². The molecule has 4 heterocycles. The molecule has 2 aliphatic rings. The van der Waals surface area contributed by atoms with Crippen molar-refractivity contribution in [2.24, 2.45) is 0 Å². The molecular weight excluding hydrogens is 492 g/mol. The number of likely N-dealkylation sites (tertiary alicyclic amines) is 1. The number of nitrogens with zero attached hydrogens (tertiary/aromatic N) is 3. The minimum atomic E-state index is -0.663. The lowest BCUT2D eigenvalue weighted by Crippen LogP contribution is -2.36. The molecule has 6 nitrogen and oxygen atoms in total. The van der Waals surface area contributed by atoms with E-state index in [1.807, 2.05) is 34.9 Å². The Morgan fingerprint density at radius 1 is 1.19 bits per heavy atom. The predicted molar refractivity (Wildman–Crippen MR) is 143 cm³/mol. The van der Waals surface area contributed by atoms with Crippen LogP contribution in [0.5, 0.6) is 0 Å². The summed E-state index contributed by atoms with van der Waals surface area (Å²) >= 11 is 1.50. The molecule has 2 N–H and O–H groups in total. The topological polar surface area (TPSA) is 61.7 Å². The van der Waals surface area contributed by atoms with Gasteiger partial charge in [-0.3, -0.25) is 9.20 Å². The molecule has 9 heteroatoms. The van der Waals surface area contributed by atoms with Gasteiger partial charge in [-0.15, -0.1) is 0 Å². The standard InChI is InChI=1S/C28H31F2N5OS/c29-19-9-14-34(15-10-19)13-3-12-32-27(36)18-7-8-24-25(16-18)37-28-33-23(17-35(24)28)26-20(4-1-5-21(26)30)22-6-2-11-31-22/h1,4-5,7-8,16-17,19,22,31H,2-3,6,9-15H2,(H,32,36)/t22-/m0/s1. The molecule has 0 bridgehead atoms. The summed E-state index contributed by atoms with van der Waals surface area (Å²) in [4.78, 5) is 20.6. The first-order chi connectivity index (χ1) is 18.1.